The van der Waals surface area contributed by atoms with Gasteiger partial charge in [-0.25, -0.2) is 4.98 Å². The lowest BCUT2D eigenvalue weighted by atomic mass is 10.0. The molecule has 3 aromatic rings. The highest BCUT2D eigenvalue weighted by Gasteiger charge is 2.25. The third-order valence-corrected chi connectivity index (χ3v) is 3.89. The molecule has 0 unspecified atom stereocenters. The van der Waals surface area contributed by atoms with Gasteiger partial charge in [0.05, 0.1) is 31.9 Å². The van der Waals surface area contributed by atoms with E-state index in [1.807, 2.05) is 19.1 Å². The second-order valence-corrected chi connectivity index (χ2v) is 5.69. The number of imidazole rings is 1. The summed E-state index contributed by atoms with van der Waals surface area (Å²) in [6, 6.07) is 3.63. The lowest BCUT2D eigenvalue weighted by Crippen LogP contribution is -2.15. The van der Waals surface area contributed by atoms with Crippen molar-refractivity contribution in [3.63, 3.8) is 0 Å². The highest BCUT2D eigenvalue weighted by Crippen LogP contribution is 2.25. The van der Waals surface area contributed by atoms with E-state index >= 15 is 0 Å². The summed E-state index contributed by atoms with van der Waals surface area (Å²) in [6.07, 6.45) is 1.84. The van der Waals surface area contributed by atoms with Crippen molar-refractivity contribution in [3.8, 4) is 5.75 Å². The van der Waals surface area contributed by atoms with E-state index in [9.17, 15) is 9.90 Å². The molecule has 0 aliphatic rings. The van der Waals surface area contributed by atoms with Gasteiger partial charge in [0.15, 0.2) is 23.0 Å². The molecule has 3 aromatic heterocycles. The molecule has 9 nitrogen and oxygen atoms in total. The molecular formula is C16H20N6O3. The number of nitrogens with zero attached hydrogens (tertiary/aromatic N) is 6. The van der Waals surface area contributed by atoms with Gasteiger partial charge in [-0.1, -0.05) is 0 Å². The first-order valence-electron chi connectivity index (χ1n) is 8.03. The summed E-state index contributed by atoms with van der Waals surface area (Å²) in [4.78, 5) is 18.6. The van der Waals surface area contributed by atoms with Gasteiger partial charge >= 0.3 is 0 Å². The molecule has 0 aliphatic carbocycles. The fourth-order valence-corrected chi connectivity index (χ4v) is 2.78. The largest absolute Gasteiger partial charge is 0.490 e. The van der Waals surface area contributed by atoms with Gasteiger partial charge in [0.2, 0.25) is 0 Å². The SMILES string of the molecule is CCOc1cccn2c(C(=O)C[C@@H](CO)c3nnn(C)n3)c(C)nc12. The fourth-order valence-electron chi connectivity index (χ4n) is 2.78. The molecule has 0 fully saturated rings. The molecule has 9 heteroatoms. The maximum absolute atomic E-state index is 12.9. The van der Waals surface area contributed by atoms with Crippen LogP contribution in [-0.2, 0) is 7.05 Å². The van der Waals surface area contributed by atoms with Gasteiger partial charge in [-0.15, -0.1) is 10.2 Å². The smallest absolute Gasteiger partial charge is 0.182 e. The number of ketones is 1. The number of aryl methyl sites for hydroxylation is 2. The molecule has 0 amide bonds. The number of ether oxygens (including phenoxy) is 1. The number of aliphatic hydroxyl groups excluding tert-OH is 1. The molecule has 3 heterocycles. The van der Waals surface area contributed by atoms with Crippen LogP contribution >= 0.6 is 0 Å². The number of aromatic nitrogens is 6. The Bertz CT molecular complexity index is 901. The number of rotatable bonds is 7. The summed E-state index contributed by atoms with van der Waals surface area (Å²) in [7, 11) is 1.64. The van der Waals surface area contributed by atoms with Crippen LogP contribution in [-0.4, -0.2) is 53.7 Å². The van der Waals surface area contributed by atoms with Crippen LogP contribution in [0.3, 0.4) is 0 Å². The second kappa shape index (κ2) is 6.98. The molecule has 132 valence electrons. The summed E-state index contributed by atoms with van der Waals surface area (Å²) < 4.78 is 7.30. The number of fused-ring (bicyclic) bond motifs is 1. The van der Waals surface area contributed by atoms with E-state index in [-0.39, 0.29) is 18.8 Å². The van der Waals surface area contributed by atoms with Crippen LogP contribution in [0.4, 0.5) is 0 Å². The minimum absolute atomic E-state index is 0.0652. The molecule has 1 N–H and O–H groups in total. The number of tetrazole rings is 1. The molecular weight excluding hydrogens is 324 g/mol. The summed E-state index contributed by atoms with van der Waals surface area (Å²) in [5, 5.41) is 21.3. The maximum Gasteiger partial charge on any atom is 0.182 e. The molecule has 0 saturated carbocycles. The van der Waals surface area contributed by atoms with Crippen molar-refractivity contribution in [2.45, 2.75) is 26.2 Å². The van der Waals surface area contributed by atoms with Crippen molar-refractivity contribution in [1.82, 2.24) is 29.6 Å². The zero-order valence-corrected chi connectivity index (χ0v) is 14.4. The third kappa shape index (κ3) is 3.22. The van der Waals surface area contributed by atoms with Gasteiger partial charge in [-0.2, -0.15) is 4.80 Å². The molecule has 1 atom stereocenters. The van der Waals surface area contributed by atoms with Gasteiger partial charge < -0.3 is 9.84 Å². The predicted molar refractivity (Wildman–Crippen MR) is 88.7 cm³/mol. The Labute approximate surface area is 144 Å². The number of aliphatic hydroxyl groups is 1. The van der Waals surface area contributed by atoms with E-state index in [1.54, 1.807) is 24.6 Å². The Hall–Kier alpha value is -2.81. The lowest BCUT2D eigenvalue weighted by Gasteiger charge is -2.10. The van der Waals surface area contributed by atoms with E-state index in [2.05, 4.69) is 20.4 Å². The predicted octanol–water partition coefficient (Wildman–Crippen LogP) is 0.914. The number of carbonyl (C=O) groups is 1. The van der Waals surface area contributed by atoms with Gasteiger partial charge in [-0.3, -0.25) is 9.20 Å². The molecule has 3 rings (SSSR count). The average molecular weight is 344 g/mol. The van der Waals surface area contributed by atoms with Crippen molar-refractivity contribution in [1.29, 1.82) is 0 Å². The van der Waals surface area contributed by atoms with Gasteiger partial charge in [0.25, 0.3) is 0 Å². The number of pyridine rings is 1. The minimum Gasteiger partial charge on any atom is -0.490 e. The van der Waals surface area contributed by atoms with E-state index in [1.165, 1.54) is 4.80 Å². The van der Waals surface area contributed by atoms with Crippen molar-refractivity contribution in [2.24, 2.45) is 7.05 Å². The van der Waals surface area contributed by atoms with Crippen molar-refractivity contribution in [2.75, 3.05) is 13.2 Å². The van der Waals surface area contributed by atoms with Crippen LogP contribution < -0.4 is 4.74 Å². The molecule has 0 radical (unpaired) electrons. The normalized spacial score (nSPS) is 12.5. The van der Waals surface area contributed by atoms with E-state index < -0.39 is 5.92 Å². The lowest BCUT2D eigenvalue weighted by molar-refractivity contribution is 0.0951. The monoisotopic (exact) mass is 344 g/mol. The second-order valence-electron chi connectivity index (χ2n) is 5.69. The molecule has 0 spiro atoms. The maximum atomic E-state index is 12.9. The summed E-state index contributed by atoms with van der Waals surface area (Å²) in [6.45, 7) is 3.95. The molecule has 0 aliphatic heterocycles. The zero-order chi connectivity index (χ0) is 18.0. The highest BCUT2D eigenvalue weighted by molar-refractivity contribution is 5.97. The van der Waals surface area contributed by atoms with Crippen molar-refractivity contribution < 1.29 is 14.6 Å². The first-order chi connectivity index (χ1) is 12.0. The number of hydrogen-bond donors (Lipinski definition) is 1. The Morgan fingerprint density at radius 3 is 2.88 bits per heavy atom. The van der Waals surface area contributed by atoms with Crippen molar-refractivity contribution >= 4 is 11.4 Å². The van der Waals surface area contributed by atoms with E-state index in [0.29, 0.717) is 35.2 Å². The van der Waals surface area contributed by atoms with Gasteiger partial charge in [0.1, 0.15) is 5.69 Å². The van der Waals surface area contributed by atoms with E-state index in [0.717, 1.165) is 0 Å². The number of hydrogen-bond acceptors (Lipinski definition) is 7. The quantitative estimate of drug-likeness (QED) is 0.635. The van der Waals surface area contributed by atoms with Crippen LogP contribution in [0.1, 0.15) is 41.3 Å². The van der Waals surface area contributed by atoms with Gasteiger partial charge in [0, 0.05) is 12.6 Å². The molecule has 0 saturated heterocycles. The van der Waals surface area contributed by atoms with Crippen molar-refractivity contribution in [3.05, 3.63) is 35.5 Å². The van der Waals surface area contributed by atoms with E-state index in [4.69, 9.17) is 4.74 Å². The number of Topliss-reactive ketones (excluding diaryl/α,β-unsaturated/α-hetero) is 1. The van der Waals surface area contributed by atoms with Crippen LogP contribution in [0.15, 0.2) is 18.3 Å². The first kappa shape index (κ1) is 17.0. The van der Waals surface area contributed by atoms with Crippen LogP contribution in [0, 0.1) is 6.92 Å². The summed E-state index contributed by atoms with van der Waals surface area (Å²) in [5.74, 6) is 0.313. The minimum atomic E-state index is -0.513. The Kier molecular flexibility index (Phi) is 4.75. The van der Waals surface area contributed by atoms with Crippen LogP contribution in [0.25, 0.3) is 5.65 Å². The molecule has 0 aromatic carbocycles. The highest BCUT2D eigenvalue weighted by atomic mass is 16.5. The molecule has 0 bridgehead atoms. The Morgan fingerprint density at radius 1 is 1.44 bits per heavy atom. The molecule has 25 heavy (non-hydrogen) atoms. The van der Waals surface area contributed by atoms with Gasteiger partial charge in [-0.05, 0) is 31.2 Å². The fraction of sp³-hybridized carbons (Fsp3) is 0.438. The average Bonchev–Trinajstić information content (AvgIpc) is 3.16. The van der Waals surface area contributed by atoms with Crippen LogP contribution in [0.5, 0.6) is 5.75 Å². The summed E-state index contributed by atoms with van der Waals surface area (Å²) >= 11 is 0. The number of carbonyl (C=O) groups excluding carboxylic acids is 1. The topological polar surface area (TPSA) is 107 Å². The Balaban J connectivity index is 1.94. The first-order valence-corrected chi connectivity index (χ1v) is 8.03. The Morgan fingerprint density at radius 2 is 2.24 bits per heavy atom. The third-order valence-electron chi connectivity index (χ3n) is 3.89. The zero-order valence-electron chi connectivity index (χ0n) is 14.4. The standard InChI is InChI=1S/C16H20N6O3/c1-4-25-13-6-5-7-22-14(10(2)17-16(13)22)12(24)8-11(9-23)15-18-20-21(3)19-15/h5-7,11,23H,4,8-9H2,1-3H3/t11-/m0/s1. The summed E-state index contributed by atoms with van der Waals surface area (Å²) in [5.41, 5.74) is 1.68. The van der Waals surface area contributed by atoms with Crippen LogP contribution in [0.2, 0.25) is 0 Å².